The van der Waals surface area contributed by atoms with Gasteiger partial charge in [-0.2, -0.15) is 0 Å². The van der Waals surface area contributed by atoms with Crippen LogP contribution in [0.3, 0.4) is 0 Å². The minimum atomic E-state index is 0.727. The molecular weight excluding hydrogens is 262 g/mol. The molecule has 2 rings (SSSR count). The molecule has 2 heterocycles. The highest BCUT2D eigenvalue weighted by atomic mass is 15.2. The van der Waals surface area contributed by atoms with E-state index >= 15 is 0 Å². The van der Waals surface area contributed by atoms with E-state index in [9.17, 15) is 0 Å². The van der Waals surface area contributed by atoms with Crippen molar-refractivity contribution in [3.8, 4) is 0 Å². The molecule has 21 heavy (non-hydrogen) atoms. The minimum absolute atomic E-state index is 0.727. The number of pyridine rings is 1. The molecule has 0 aliphatic rings. The molecule has 0 fully saturated rings. The molecule has 5 nitrogen and oxygen atoms in total. The van der Waals surface area contributed by atoms with E-state index in [1.54, 1.807) is 0 Å². The Morgan fingerprint density at radius 2 is 1.90 bits per heavy atom. The van der Waals surface area contributed by atoms with Gasteiger partial charge in [-0.15, -0.1) is 0 Å². The van der Waals surface area contributed by atoms with Gasteiger partial charge in [0.1, 0.15) is 0 Å². The Bertz CT molecular complexity index is 512. The Labute approximate surface area is 126 Å². The molecule has 0 aromatic carbocycles. The fourth-order valence-electron chi connectivity index (χ4n) is 2.02. The topological polar surface area (TPSA) is 53.9 Å². The fourth-order valence-corrected chi connectivity index (χ4v) is 2.02. The molecule has 0 spiro atoms. The monoisotopic (exact) mass is 285 g/mol. The zero-order valence-electron chi connectivity index (χ0n) is 12.8. The maximum absolute atomic E-state index is 4.47. The van der Waals surface area contributed by atoms with Gasteiger partial charge in [-0.25, -0.2) is 9.97 Å². The van der Waals surface area contributed by atoms with Crippen molar-refractivity contribution in [3.63, 3.8) is 0 Å². The van der Waals surface area contributed by atoms with Crippen molar-refractivity contribution in [1.82, 2.24) is 20.3 Å². The van der Waals surface area contributed by atoms with Crippen molar-refractivity contribution < 1.29 is 0 Å². The van der Waals surface area contributed by atoms with Gasteiger partial charge in [0.05, 0.1) is 12.2 Å². The number of aromatic nitrogens is 3. The van der Waals surface area contributed by atoms with E-state index in [4.69, 9.17) is 0 Å². The Morgan fingerprint density at radius 1 is 1.10 bits per heavy atom. The first-order valence-electron chi connectivity index (χ1n) is 7.50. The highest BCUT2D eigenvalue weighted by Gasteiger charge is 2.08. The smallest absolute Gasteiger partial charge is 0.225 e. The number of rotatable bonds is 8. The van der Waals surface area contributed by atoms with Gasteiger partial charge in [0, 0.05) is 37.2 Å². The van der Waals surface area contributed by atoms with Crippen molar-refractivity contribution in [3.05, 3.63) is 48.0 Å². The molecule has 0 amide bonds. The summed E-state index contributed by atoms with van der Waals surface area (Å²) in [6.07, 6.45) is 6.73. The van der Waals surface area contributed by atoms with Crippen LogP contribution in [-0.4, -0.2) is 28.0 Å². The molecule has 5 heteroatoms. The second-order valence-corrected chi connectivity index (χ2v) is 4.90. The Hall–Kier alpha value is -2.01. The lowest BCUT2D eigenvalue weighted by atomic mass is 10.3. The van der Waals surface area contributed by atoms with Crippen LogP contribution in [0.5, 0.6) is 0 Å². The van der Waals surface area contributed by atoms with E-state index < -0.39 is 0 Å². The van der Waals surface area contributed by atoms with Crippen LogP contribution in [-0.2, 0) is 13.1 Å². The first-order valence-corrected chi connectivity index (χ1v) is 7.50. The van der Waals surface area contributed by atoms with Crippen LogP contribution in [0.15, 0.2) is 36.8 Å². The van der Waals surface area contributed by atoms with E-state index in [2.05, 4.69) is 39.0 Å². The van der Waals surface area contributed by atoms with Gasteiger partial charge in [-0.05, 0) is 32.0 Å². The summed E-state index contributed by atoms with van der Waals surface area (Å²) in [5, 5.41) is 3.35. The lowest BCUT2D eigenvalue weighted by Gasteiger charge is -2.20. The van der Waals surface area contributed by atoms with E-state index in [1.165, 1.54) is 0 Å². The van der Waals surface area contributed by atoms with Crippen LogP contribution >= 0.6 is 0 Å². The molecule has 0 atom stereocenters. The summed E-state index contributed by atoms with van der Waals surface area (Å²) >= 11 is 0. The van der Waals surface area contributed by atoms with Gasteiger partial charge in [0.2, 0.25) is 5.95 Å². The SMILES string of the molecule is CCCNCc1cnc(N(CC)Cc2ccccn2)nc1. The predicted molar refractivity (Wildman–Crippen MR) is 85.0 cm³/mol. The predicted octanol–water partition coefficient (Wildman–Crippen LogP) is 2.40. The average molecular weight is 285 g/mol. The summed E-state index contributed by atoms with van der Waals surface area (Å²) in [4.78, 5) is 15.4. The number of hydrogen-bond acceptors (Lipinski definition) is 5. The number of nitrogens with one attached hydrogen (secondary N) is 1. The number of hydrogen-bond donors (Lipinski definition) is 1. The van der Waals surface area contributed by atoms with Crippen LogP contribution in [0.1, 0.15) is 31.5 Å². The van der Waals surface area contributed by atoms with E-state index in [0.717, 1.165) is 49.8 Å². The summed E-state index contributed by atoms with van der Waals surface area (Å²) in [6.45, 7) is 7.67. The van der Waals surface area contributed by atoms with Gasteiger partial charge >= 0.3 is 0 Å². The molecule has 0 saturated carbocycles. The molecule has 0 bridgehead atoms. The lowest BCUT2D eigenvalue weighted by Crippen LogP contribution is -2.25. The van der Waals surface area contributed by atoms with Crippen LogP contribution in [0.25, 0.3) is 0 Å². The highest BCUT2D eigenvalue weighted by molar-refractivity contribution is 5.30. The molecule has 112 valence electrons. The first-order chi connectivity index (χ1) is 10.3. The second kappa shape index (κ2) is 8.32. The largest absolute Gasteiger partial charge is 0.335 e. The lowest BCUT2D eigenvalue weighted by molar-refractivity contribution is 0.670. The highest BCUT2D eigenvalue weighted by Crippen LogP contribution is 2.10. The quantitative estimate of drug-likeness (QED) is 0.755. The first kappa shape index (κ1) is 15.4. The molecule has 1 N–H and O–H groups in total. The van der Waals surface area contributed by atoms with Gasteiger partial charge in [0.25, 0.3) is 0 Å². The number of nitrogens with zero attached hydrogens (tertiary/aromatic N) is 4. The molecule has 0 aliphatic heterocycles. The van der Waals surface area contributed by atoms with Gasteiger partial charge in [-0.1, -0.05) is 13.0 Å². The third-order valence-electron chi connectivity index (χ3n) is 3.19. The van der Waals surface area contributed by atoms with Crippen molar-refractivity contribution in [2.24, 2.45) is 0 Å². The second-order valence-electron chi connectivity index (χ2n) is 4.90. The zero-order valence-corrected chi connectivity index (χ0v) is 12.8. The Kier molecular flexibility index (Phi) is 6.09. The Morgan fingerprint density at radius 3 is 2.52 bits per heavy atom. The van der Waals surface area contributed by atoms with Crippen LogP contribution in [0.2, 0.25) is 0 Å². The van der Waals surface area contributed by atoms with Crippen molar-refractivity contribution in [2.45, 2.75) is 33.4 Å². The van der Waals surface area contributed by atoms with Crippen molar-refractivity contribution in [1.29, 1.82) is 0 Å². The van der Waals surface area contributed by atoms with Crippen molar-refractivity contribution >= 4 is 5.95 Å². The molecule has 2 aromatic heterocycles. The molecule has 0 radical (unpaired) electrons. The van der Waals surface area contributed by atoms with E-state index in [0.29, 0.717) is 0 Å². The average Bonchev–Trinajstić information content (AvgIpc) is 2.55. The molecule has 0 saturated heterocycles. The van der Waals surface area contributed by atoms with Crippen LogP contribution < -0.4 is 10.2 Å². The van der Waals surface area contributed by atoms with Crippen LogP contribution in [0.4, 0.5) is 5.95 Å². The van der Waals surface area contributed by atoms with Gasteiger partial charge in [-0.3, -0.25) is 4.98 Å². The third-order valence-corrected chi connectivity index (χ3v) is 3.19. The summed E-state index contributed by atoms with van der Waals surface area (Å²) in [7, 11) is 0. The van der Waals surface area contributed by atoms with Gasteiger partial charge < -0.3 is 10.2 Å². The van der Waals surface area contributed by atoms with Crippen molar-refractivity contribution in [2.75, 3.05) is 18.0 Å². The van der Waals surface area contributed by atoms with Gasteiger partial charge in [0.15, 0.2) is 0 Å². The summed E-state index contributed by atoms with van der Waals surface area (Å²) in [5.41, 5.74) is 2.14. The Balaban J connectivity index is 1.98. The molecule has 0 aliphatic carbocycles. The molecular formula is C16H23N5. The molecule has 2 aromatic rings. The minimum Gasteiger partial charge on any atom is -0.335 e. The maximum Gasteiger partial charge on any atom is 0.225 e. The van der Waals surface area contributed by atoms with E-state index in [1.807, 2.05) is 36.8 Å². The number of anilines is 1. The maximum atomic E-state index is 4.47. The summed E-state index contributed by atoms with van der Waals surface area (Å²) in [6, 6.07) is 5.94. The summed E-state index contributed by atoms with van der Waals surface area (Å²) in [5.74, 6) is 0.752. The normalized spacial score (nSPS) is 10.6. The third kappa shape index (κ3) is 4.79. The van der Waals surface area contributed by atoms with E-state index in [-0.39, 0.29) is 0 Å². The standard InChI is InChI=1S/C16H23N5/c1-3-8-17-10-14-11-19-16(20-12-14)21(4-2)13-15-7-5-6-9-18-15/h5-7,9,11-12,17H,3-4,8,10,13H2,1-2H3. The fraction of sp³-hybridized carbons (Fsp3) is 0.438. The zero-order chi connectivity index (χ0) is 14.9. The summed E-state index contributed by atoms with van der Waals surface area (Å²) < 4.78 is 0. The molecule has 0 unspecified atom stereocenters. The van der Waals surface area contributed by atoms with Crippen LogP contribution in [0, 0.1) is 0 Å².